The molecule has 28 heavy (non-hydrogen) atoms. The first-order chi connectivity index (χ1) is 13.4. The lowest BCUT2D eigenvalue weighted by Gasteiger charge is -1.95. The van der Waals surface area contributed by atoms with E-state index in [9.17, 15) is 20.2 Å². The number of nitro groups is 2. The summed E-state index contributed by atoms with van der Waals surface area (Å²) >= 11 is 0. The second kappa shape index (κ2) is 9.28. The molecule has 0 fully saturated rings. The predicted octanol–water partition coefficient (Wildman–Crippen LogP) is 1.59. The molecule has 12 heteroatoms. The molecule has 0 atom stereocenters. The molecule has 0 aromatic heterocycles. The van der Waals surface area contributed by atoms with Crippen LogP contribution < -0.4 is 11.5 Å². The van der Waals surface area contributed by atoms with Crippen molar-refractivity contribution in [3.63, 3.8) is 0 Å². The fourth-order valence-corrected chi connectivity index (χ4v) is 1.86. The third kappa shape index (κ3) is 5.80. The summed E-state index contributed by atoms with van der Waals surface area (Å²) in [6.45, 7) is 0. The number of amidine groups is 2. The first kappa shape index (κ1) is 19.8. The van der Waals surface area contributed by atoms with Crippen molar-refractivity contribution in [2.75, 3.05) is 0 Å². The maximum atomic E-state index is 10.7. The molecular formula is C16H14N8O4. The van der Waals surface area contributed by atoms with E-state index < -0.39 is 9.85 Å². The van der Waals surface area contributed by atoms with Gasteiger partial charge in [-0.05, 0) is 0 Å². The van der Waals surface area contributed by atoms with Gasteiger partial charge in [0.2, 0.25) is 0 Å². The Kier molecular flexibility index (Phi) is 6.58. The van der Waals surface area contributed by atoms with E-state index in [0.717, 1.165) is 0 Å². The smallest absolute Gasteiger partial charge is 0.270 e. The van der Waals surface area contributed by atoms with Crippen molar-refractivity contribution in [1.82, 2.24) is 0 Å². The molecule has 2 aromatic carbocycles. The van der Waals surface area contributed by atoms with E-state index in [1.54, 1.807) is 12.1 Å². The lowest BCUT2D eigenvalue weighted by atomic mass is 10.2. The Morgan fingerprint density at radius 2 is 1.18 bits per heavy atom. The normalized spacial score (nSPS) is 12.6. The number of hydrogen-bond acceptors (Lipinski definition) is 8. The highest BCUT2D eigenvalue weighted by Crippen LogP contribution is 2.12. The molecule has 0 aliphatic rings. The molecule has 0 spiro atoms. The van der Waals surface area contributed by atoms with Crippen molar-refractivity contribution in [2.24, 2.45) is 31.9 Å². The van der Waals surface area contributed by atoms with Crippen LogP contribution in [0.15, 0.2) is 68.9 Å². The molecule has 0 saturated carbocycles. The van der Waals surface area contributed by atoms with Crippen LogP contribution in [0.1, 0.15) is 11.1 Å². The van der Waals surface area contributed by atoms with Crippen molar-refractivity contribution in [2.45, 2.75) is 0 Å². The number of nitro benzene ring substituents is 2. The number of nitrogens with zero attached hydrogens (tertiary/aromatic N) is 6. The summed E-state index contributed by atoms with van der Waals surface area (Å²) in [6, 6.07) is 11.5. The van der Waals surface area contributed by atoms with Crippen LogP contribution in [-0.4, -0.2) is 33.9 Å². The summed E-state index contributed by atoms with van der Waals surface area (Å²) in [4.78, 5) is 20.4. The number of hydrogen-bond donors (Lipinski definition) is 2. The van der Waals surface area contributed by atoms with Crippen molar-refractivity contribution in [3.8, 4) is 0 Å². The highest BCUT2D eigenvalue weighted by atomic mass is 16.6. The molecule has 0 aliphatic carbocycles. The van der Waals surface area contributed by atoms with E-state index in [0.29, 0.717) is 11.1 Å². The van der Waals surface area contributed by atoms with Gasteiger partial charge in [0.05, 0.1) is 22.3 Å². The van der Waals surface area contributed by atoms with Crippen LogP contribution in [0.5, 0.6) is 0 Å². The minimum absolute atomic E-state index is 0.0857. The molecule has 0 radical (unpaired) electrons. The molecule has 0 aliphatic heterocycles. The molecule has 142 valence electrons. The third-order valence-electron chi connectivity index (χ3n) is 3.17. The van der Waals surface area contributed by atoms with Crippen LogP contribution >= 0.6 is 0 Å². The molecular weight excluding hydrogens is 368 g/mol. The zero-order valence-corrected chi connectivity index (χ0v) is 14.2. The number of benzene rings is 2. The van der Waals surface area contributed by atoms with Gasteiger partial charge in [-0.3, -0.25) is 20.2 Å². The fraction of sp³-hybridized carbons (Fsp3) is 0. The van der Waals surface area contributed by atoms with Crippen LogP contribution in [0.25, 0.3) is 0 Å². The van der Waals surface area contributed by atoms with Gasteiger partial charge in [0.1, 0.15) is 0 Å². The van der Waals surface area contributed by atoms with Crippen LogP contribution in [-0.2, 0) is 0 Å². The zero-order chi connectivity index (χ0) is 20.5. The molecule has 0 unspecified atom stereocenters. The minimum atomic E-state index is -0.529. The van der Waals surface area contributed by atoms with Crippen LogP contribution in [0.2, 0.25) is 0 Å². The molecule has 4 N–H and O–H groups in total. The average molecular weight is 382 g/mol. The summed E-state index contributed by atoms with van der Waals surface area (Å²) < 4.78 is 0. The Hall–Kier alpha value is -4.48. The molecule has 0 bridgehead atoms. The molecule has 12 nitrogen and oxygen atoms in total. The first-order valence-electron chi connectivity index (χ1n) is 7.59. The second-order valence-corrected chi connectivity index (χ2v) is 5.16. The highest BCUT2D eigenvalue weighted by Gasteiger charge is 2.05. The van der Waals surface area contributed by atoms with Gasteiger partial charge in [0.15, 0.2) is 11.7 Å². The largest absolute Gasteiger partial charge is 0.379 e. The van der Waals surface area contributed by atoms with E-state index in [2.05, 4.69) is 20.4 Å². The standard InChI is InChI=1S/C16H14N8O4/c17-15(21-19-9-11-3-1-5-13(7-11)23(25)26)16(18)22-20-10-12-4-2-6-14(8-12)24(27)28/h1-10H,(H2,17,21)(H2,18,22)/b19-9-,20-10-. The third-order valence-corrected chi connectivity index (χ3v) is 3.17. The first-order valence-corrected chi connectivity index (χ1v) is 7.59. The Morgan fingerprint density at radius 3 is 1.54 bits per heavy atom. The number of non-ortho nitro benzene ring substituents is 2. The van der Waals surface area contributed by atoms with Crippen LogP contribution in [0, 0.1) is 20.2 Å². The Balaban J connectivity index is 2.05. The van der Waals surface area contributed by atoms with Crippen LogP contribution in [0.4, 0.5) is 11.4 Å². The van der Waals surface area contributed by atoms with Crippen molar-refractivity contribution >= 4 is 35.5 Å². The quantitative estimate of drug-likeness (QED) is 0.330. The Labute approximate surface area is 157 Å². The number of nitrogens with two attached hydrogens (primary N) is 2. The average Bonchev–Trinajstić information content (AvgIpc) is 2.68. The van der Waals surface area contributed by atoms with Crippen molar-refractivity contribution in [1.29, 1.82) is 0 Å². The van der Waals surface area contributed by atoms with Gasteiger partial charge in [-0.25, -0.2) is 0 Å². The van der Waals surface area contributed by atoms with Crippen molar-refractivity contribution < 1.29 is 9.85 Å². The Morgan fingerprint density at radius 1 is 0.786 bits per heavy atom. The topological polar surface area (TPSA) is 188 Å². The maximum absolute atomic E-state index is 10.7. The van der Waals surface area contributed by atoms with Gasteiger partial charge >= 0.3 is 0 Å². The van der Waals surface area contributed by atoms with E-state index in [1.165, 1.54) is 48.8 Å². The summed E-state index contributed by atoms with van der Waals surface area (Å²) in [5.74, 6) is -0.448. The van der Waals surface area contributed by atoms with E-state index in [1.807, 2.05) is 0 Å². The van der Waals surface area contributed by atoms with E-state index in [-0.39, 0.29) is 23.0 Å². The summed E-state index contributed by atoms with van der Waals surface area (Å²) in [6.07, 6.45) is 2.53. The Bertz CT molecular complexity index is 932. The van der Waals surface area contributed by atoms with Gasteiger partial charge in [-0.1, -0.05) is 24.3 Å². The fourth-order valence-electron chi connectivity index (χ4n) is 1.86. The maximum Gasteiger partial charge on any atom is 0.270 e. The lowest BCUT2D eigenvalue weighted by molar-refractivity contribution is -0.385. The molecule has 0 amide bonds. The summed E-state index contributed by atoms with van der Waals surface area (Å²) in [5, 5.41) is 36.1. The molecule has 0 heterocycles. The highest BCUT2D eigenvalue weighted by molar-refractivity contribution is 6.39. The van der Waals surface area contributed by atoms with Crippen molar-refractivity contribution in [3.05, 3.63) is 79.9 Å². The SMILES string of the molecule is NC(=N\N=C/c1cccc([N+](=O)[O-])c1)/C(N)=N\N=C/c1cccc([N+](=O)[O-])c1. The monoisotopic (exact) mass is 382 g/mol. The second-order valence-electron chi connectivity index (χ2n) is 5.16. The van der Waals surface area contributed by atoms with Gasteiger partial charge in [0.25, 0.3) is 11.4 Å². The molecule has 2 rings (SSSR count). The van der Waals surface area contributed by atoms with Crippen LogP contribution in [0.3, 0.4) is 0 Å². The molecule has 0 saturated heterocycles. The summed E-state index contributed by atoms with van der Waals surface area (Å²) in [5.41, 5.74) is 12.0. The van der Waals surface area contributed by atoms with E-state index >= 15 is 0 Å². The minimum Gasteiger partial charge on any atom is -0.379 e. The lowest BCUT2D eigenvalue weighted by Crippen LogP contribution is -2.30. The van der Waals surface area contributed by atoms with Gasteiger partial charge in [-0.2, -0.15) is 10.2 Å². The predicted molar refractivity (Wildman–Crippen MR) is 105 cm³/mol. The van der Waals surface area contributed by atoms with Gasteiger partial charge in [0, 0.05) is 35.4 Å². The van der Waals surface area contributed by atoms with Gasteiger partial charge < -0.3 is 11.5 Å². The summed E-state index contributed by atoms with van der Waals surface area (Å²) in [7, 11) is 0. The van der Waals surface area contributed by atoms with E-state index in [4.69, 9.17) is 11.5 Å². The van der Waals surface area contributed by atoms with Gasteiger partial charge in [-0.15, -0.1) is 10.2 Å². The number of rotatable bonds is 6. The molecule has 2 aromatic rings. The zero-order valence-electron chi connectivity index (χ0n) is 14.2.